The lowest BCUT2D eigenvalue weighted by atomic mass is 10.1. The topological polar surface area (TPSA) is 30.9 Å². The van der Waals surface area contributed by atoms with E-state index in [0.717, 1.165) is 45.2 Å². The van der Waals surface area contributed by atoms with Gasteiger partial charge in [-0.25, -0.2) is 0 Å². The molecule has 3 rings (SSSR count). The molecule has 2 aromatic heterocycles. The van der Waals surface area contributed by atoms with E-state index in [1.54, 1.807) is 0 Å². The van der Waals surface area contributed by atoms with Gasteiger partial charge in [-0.15, -0.1) is 22.7 Å². The van der Waals surface area contributed by atoms with Crippen molar-refractivity contribution in [2.75, 3.05) is 39.8 Å². The minimum absolute atomic E-state index is 0.516. The van der Waals surface area contributed by atoms with Crippen molar-refractivity contribution in [1.29, 1.82) is 0 Å². The molecule has 4 nitrogen and oxygen atoms in total. The summed E-state index contributed by atoms with van der Waals surface area (Å²) in [6.07, 6.45) is 0. The monoisotopic (exact) mass is 362 g/mol. The zero-order valence-corrected chi connectivity index (χ0v) is 16.1. The van der Waals surface area contributed by atoms with Gasteiger partial charge in [-0.05, 0) is 22.9 Å². The second-order valence-corrected chi connectivity index (χ2v) is 8.20. The molecule has 1 unspecified atom stereocenters. The van der Waals surface area contributed by atoms with Crippen LogP contribution >= 0.6 is 22.7 Å². The summed E-state index contributed by atoms with van der Waals surface area (Å²) in [6, 6.07) is 8.70. The first-order valence-corrected chi connectivity index (χ1v) is 10.3. The lowest BCUT2D eigenvalue weighted by molar-refractivity contribution is 0.173. The maximum absolute atomic E-state index is 4.48. The normalized spacial score (nSPS) is 17.9. The molecule has 1 saturated heterocycles. The Kier molecular flexibility index (Phi) is 6.29. The van der Waals surface area contributed by atoms with Crippen molar-refractivity contribution in [3.63, 3.8) is 0 Å². The fourth-order valence-electron chi connectivity index (χ4n) is 2.99. The molecule has 130 valence electrons. The molecule has 24 heavy (non-hydrogen) atoms. The predicted octanol–water partition coefficient (Wildman–Crippen LogP) is 3.31. The van der Waals surface area contributed by atoms with Gasteiger partial charge in [0, 0.05) is 62.0 Å². The lowest BCUT2D eigenvalue weighted by Gasteiger charge is -2.36. The van der Waals surface area contributed by atoms with Crippen molar-refractivity contribution in [3.8, 4) is 0 Å². The molecule has 0 aliphatic carbocycles. The average molecular weight is 363 g/mol. The van der Waals surface area contributed by atoms with Gasteiger partial charge in [-0.2, -0.15) is 0 Å². The van der Waals surface area contributed by atoms with Gasteiger partial charge in [0.15, 0.2) is 5.96 Å². The van der Waals surface area contributed by atoms with Crippen LogP contribution in [0.3, 0.4) is 0 Å². The molecule has 0 radical (unpaired) electrons. The fourth-order valence-corrected chi connectivity index (χ4v) is 4.52. The Labute approximate surface area is 152 Å². The molecule has 0 spiro atoms. The second kappa shape index (κ2) is 8.65. The van der Waals surface area contributed by atoms with E-state index in [0.29, 0.717) is 5.92 Å². The number of guanidine groups is 1. The van der Waals surface area contributed by atoms with Gasteiger partial charge in [-0.1, -0.05) is 19.1 Å². The highest BCUT2D eigenvalue weighted by molar-refractivity contribution is 7.10. The molecule has 0 amide bonds. The molecular formula is C18H26N4S2. The highest BCUT2D eigenvalue weighted by Crippen LogP contribution is 2.20. The van der Waals surface area contributed by atoms with Gasteiger partial charge in [0.05, 0.1) is 0 Å². The SMILES string of the molecule is CN=C(NCC(C)c1cccs1)N1CCN(Cc2cccs2)CC1. The van der Waals surface area contributed by atoms with E-state index in [2.05, 4.69) is 62.1 Å². The molecule has 1 aliphatic rings. The Hall–Kier alpha value is -1.37. The first kappa shape index (κ1) is 17.5. The molecule has 1 fully saturated rings. The van der Waals surface area contributed by atoms with Crippen LogP contribution in [0, 0.1) is 0 Å². The third kappa shape index (κ3) is 4.59. The van der Waals surface area contributed by atoms with Crippen LogP contribution in [0.25, 0.3) is 0 Å². The van der Waals surface area contributed by atoms with E-state index in [1.807, 2.05) is 29.7 Å². The van der Waals surface area contributed by atoms with Crippen molar-refractivity contribution >= 4 is 28.6 Å². The van der Waals surface area contributed by atoms with Crippen LogP contribution in [0.2, 0.25) is 0 Å². The van der Waals surface area contributed by atoms with Crippen LogP contribution in [-0.4, -0.2) is 55.5 Å². The number of hydrogen-bond acceptors (Lipinski definition) is 4. The van der Waals surface area contributed by atoms with Crippen LogP contribution in [0.1, 0.15) is 22.6 Å². The van der Waals surface area contributed by atoms with Crippen molar-refractivity contribution in [2.24, 2.45) is 4.99 Å². The van der Waals surface area contributed by atoms with Gasteiger partial charge in [0.25, 0.3) is 0 Å². The van der Waals surface area contributed by atoms with Crippen molar-refractivity contribution in [3.05, 3.63) is 44.8 Å². The van der Waals surface area contributed by atoms with Crippen LogP contribution in [0.5, 0.6) is 0 Å². The zero-order valence-electron chi connectivity index (χ0n) is 14.4. The summed E-state index contributed by atoms with van der Waals surface area (Å²) >= 11 is 3.68. The predicted molar refractivity (Wildman–Crippen MR) is 105 cm³/mol. The summed E-state index contributed by atoms with van der Waals surface area (Å²) in [4.78, 5) is 12.3. The number of thiophene rings is 2. The second-order valence-electron chi connectivity index (χ2n) is 6.19. The summed E-state index contributed by atoms with van der Waals surface area (Å²) in [5, 5.41) is 7.86. The molecule has 1 aliphatic heterocycles. The standard InChI is InChI=1S/C18H26N4S2/c1-15(17-6-4-12-24-17)13-20-18(19-2)22-9-7-21(8-10-22)14-16-5-3-11-23-16/h3-6,11-12,15H,7-10,13-14H2,1-2H3,(H,19,20). The van der Waals surface area contributed by atoms with E-state index in [4.69, 9.17) is 0 Å². The smallest absolute Gasteiger partial charge is 0.193 e. The molecule has 3 heterocycles. The molecule has 0 bridgehead atoms. The summed E-state index contributed by atoms with van der Waals surface area (Å²) in [5.74, 6) is 1.55. The Morgan fingerprint density at radius 1 is 1.17 bits per heavy atom. The van der Waals surface area contributed by atoms with Gasteiger partial charge in [0.1, 0.15) is 0 Å². The largest absolute Gasteiger partial charge is 0.356 e. The minimum Gasteiger partial charge on any atom is -0.356 e. The number of rotatable bonds is 5. The van der Waals surface area contributed by atoms with Crippen molar-refractivity contribution < 1.29 is 0 Å². The maximum atomic E-state index is 4.48. The quantitative estimate of drug-likeness (QED) is 0.654. The highest BCUT2D eigenvalue weighted by atomic mass is 32.1. The van der Waals surface area contributed by atoms with E-state index >= 15 is 0 Å². The van der Waals surface area contributed by atoms with Crippen molar-refractivity contribution in [1.82, 2.24) is 15.1 Å². The van der Waals surface area contributed by atoms with E-state index < -0.39 is 0 Å². The zero-order chi connectivity index (χ0) is 16.8. The fraction of sp³-hybridized carbons (Fsp3) is 0.500. The number of hydrogen-bond donors (Lipinski definition) is 1. The van der Waals surface area contributed by atoms with Crippen molar-refractivity contribution in [2.45, 2.75) is 19.4 Å². The third-order valence-electron chi connectivity index (χ3n) is 4.44. The molecule has 1 N–H and O–H groups in total. The number of piperazine rings is 1. The first-order valence-electron chi connectivity index (χ1n) is 8.50. The third-order valence-corrected chi connectivity index (χ3v) is 6.40. The Morgan fingerprint density at radius 2 is 1.92 bits per heavy atom. The van der Waals surface area contributed by atoms with Crippen LogP contribution in [-0.2, 0) is 6.54 Å². The summed E-state index contributed by atoms with van der Waals surface area (Å²) < 4.78 is 0. The molecular weight excluding hydrogens is 336 g/mol. The Bertz CT molecular complexity index is 614. The van der Waals surface area contributed by atoms with E-state index in [9.17, 15) is 0 Å². The molecule has 1 atom stereocenters. The highest BCUT2D eigenvalue weighted by Gasteiger charge is 2.20. The van der Waals surface area contributed by atoms with Gasteiger partial charge < -0.3 is 10.2 Å². The Morgan fingerprint density at radius 3 is 2.54 bits per heavy atom. The first-order chi connectivity index (χ1) is 11.8. The van der Waals surface area contributed by atoms with Gasteiger partial charge in [-0.3, -0.25) is 9.89 Å². The lowest BCUT2D eigenvalue weighted by Crippen LogP contribution is -2.52. The number of aliphatic imine (C=N–C) groups is 1. The van der Waals surface area contributed by atoms with E-state index in [1.165, 1.54) is 9.75 Å². The van der Waals surface area contributed by atoms with Gasteiger partial charge >= 0.3 is 0 Å². The summed E-state index contributed by atoms with van der Waals surface area (Å²) in [6.45, 7) is 8.55. The van der Waals surface area contributed by atoms with Gasteiger partial charge in [0.2, 0.25) is 0 Å². The molecule has 6 heteroatoms. The van der Waals surface area contributed by atoms with Crippen LogP contribution in [0.4, 0.5) is 0 Å². The average Bonchev–Trinajstić information content (AvgIpc) is 3.30. The molecule has 0 aromatic carbocycles. The minimum atomic E-state index is 0.516. The Balaban J connectivity index is 1.45. The summed E-state index contributed by atoms with van der Waals surface area (Å²) in [5.41, 5.74) is 0. The van der Waals surface area contributed by atoms with E-state index in [-0.39, 0.29) is 0 Å². The number of nitrogens with one attached hydrogen (secondary N) is 1. The molecule has 2 aromatic rings. The van der Waals surface area contributed by atoms with Crippen LogP contribution in [0.15, 0.2) is 40.0 Å². The number of nitrogens with zero attached hydrogens (tertiary/aromatic N) is 3. The summed E-state index contributed by atoms with van der Waals surface area (Å²) in [7, 11) is 1.89. The molecule has 0 saturated carbocycles. The van der Waals surface area contributed by atoms with Crippen LogP contribution < -0.4 is 5.32 Å². The maximum Gasteiger partial charge on any atom is 0.193 e.